The number of carboxylic acid groups (broad SMARTS) is 1. The highest BCUT2D eigenvalue weighted by Crippen LogP contribution is 2.41. The third-order valence-corrected chi connectivity index (χ3v) is 4.46. The molecule has 0 aliphatic heterocycles. The van der Waals surface area contributed by atoms with Crippen molar-refractivity contribution in [3.8, 4) is 0 Å². The van der Waals surface area contributed by atoms with E-state index in [1.54, 1.807) is 0 Å². The Balaban J connectivity index is 2.16. The maximum atomic E-state index is 11.3. The molecular weight excluding hydrogens is 266 g/mol. The van der Waals surface area contributed by atoms with Gasteiger partial charge < -0.3 is 5.11 Å². The zero-order chi connectivity index (χ0) is 15.5. The highest BCUT2D eigenvalue weighted by Gasteiger charge is 2.36. The van der Waals surface area contributed by atoms with Crippen LogP contribution in [0.2, 0.25) is 0 Å². The lowest BCUT2D eigenvalue weighted by molar-refractivity contribution is -0.140. The van der Waals surface area contributed by atoms with Crippen molar-refractivity contribution in [1.29, 1.82) is 0 Å². The molecule has 1 heterocycles. The normalized spacial score (nSPS) is 18.1. The minimum Gasteiger partial charge on any atom is -0.481 e. The van der Waals surface area contributed by atoms with Crippen LogP contribution in [0.3, 0.4) is 0 Å². The summed E-state index contributed by atoms with van der Waals surface area (Å²) >= 11 is 0. The van der Waals surface area contributed by atoms with Crippen LogP contribution in [0.4, 0.5) is 0 Å². The van der Waals surface area contributed by atoms with Gasteiger partial charge in [0, 0.05) is 19.9 Å². The van der Waals surface area contributed by atoms with Crippen molar-refractivity contribution in [3.63, 3.8) is 0 Å². The first-order valence-corrected chi connectivity index (χ1v) is 8.01. The summed E-state index contributed by atoms with van der Waals surface area (Å²) in [7, 11) is 1.92. The van der Waals surface area contributed by atoms with E-state index in [9.17, 15) is 9.90 Å². The molecule has 118 valence electrons. The Bertz CT molecular complexity index is 488. The van der Waals surface area contributed by atoms with Gasteiger partial charge >= 0.3 is 5.97 Å². The standard InChI is InChI=1S/C16H27N3O2/c1-12(2)9-13-17-14(19(3)18-13)10-16(11-15(20)21)7-5-4-6-8-16/h12H,4-11H2,1-3H3,(H,20,21). The van der Waals surface area contributed by atoms with E-state index < -0.39 is 5.97 Å². The van der Waals surface area contributed by atoms with Crippen molar-refractivity contribution in [2.24, 2.45) is 18.4 Å². The Kier molecular flexibility index (Phi) is 5.01. The van der Waals surface area contributed by atoms with Gasteiger partial charge in [-0.3, -0.25) is 9.48 Å². The topological polar surface area (TPSA) is 68.0 Å². The SMILES string of the molecule is CC(C)Cc1nc(CC2(CC(=O)O)CCCCC2)n(C)n1. The predicted molar refractivity (Wildman–Crippen MR) is 81.0 cm³/mol. The maximum absolute atomic E-state index is 11.3. The van der Waals surface area contributed by atoms with Gasteiger partial charge in [0.1, 0.15) is 5.82 Å². The molecule has 0 unspecified atom stereocenters. The molecule has 1 fully saturated rings. The van der Waals surface area contributed by atoms with Crippen LogP contribution >= 0.6 is 0 Å². The zero-order valence-corrected chi connectivity index (χ0v) is 13.4. The second-order valence-corrected chi connectivity index (χ2v) is 6.97. The number of aryl methyl sites for hydroxylation is 1. The number of aliphatic carboxylic acids is 1. The minimum atomic E-state index is -0.693. The van der Waals surface area contributed by atoms with Crippen LogP contribution in [0, 0.1) is 11.3 Å². The van der Waals surface area contributed by atoms with Crippen LogP contribution < -0.4 is 0 Å². The average Bonchev–Trinajstić information content (AvgIpc) is 2.68. The first-order chi connectivity index (χ1) is 9.90. The van der Waals surface area contributed by atoms with E-state index in [2.05, 4.69) is 23.9 Å². The summed E-state index contributed by atoms with van der Waals surface area (Å²) in [6.45, 7) is 4.31. The number of hydrogen-bond donors (Lipinski definition) is 1. The molecule has 1 aromatic rings. The molecule has 5 nitrogen and oxygen atoms in total. The molecule has 0 spiro atoms. The summed E-state index contributed by atoms with van der Waals surface area (Å²) in [6, 6.07) is 0. The number of aromatic nitrogens is 3. The van der Waals surface area contributed by atoms with E-state index in [-0.39, 0.29) is 11.8 Å². The molecule has 0 amide bonds. The second-order valence-electron chi connectivity index (χ2n) is 6.97. The molecule has 1 aliphatic carbocycles. The summed E-state index contributed by atoms with van der Waals surface area (Å²) in [5.41, 5.74) is -0.125. The van der Waals surface area contributed by atoms with Crippen LogP contribution in [0.15, 0.2) is 0 Å². The van der Waals surface area contributed by atoms with E-state index in [1.165, 1.54) is 6.42 Å². The summed E-state index contributed by atoms with van der Waals surface area (Å²) in [6.07, 6.45) is 7.32. The van der Waals surface area contributed by atoms with E-state index in [0.717, 1.165) is 50.2 Å². The molecule has 1 saturated carbocycles. The van der Waals surface area contributed by atoms with Gasteiger partial charge in [0.05, 0.1) is 6.42 Å². The van der Waals surface area contributed by atoms with Gasteiger partial charge in [-0.05, 0) is 24.2 Å². The molecule has 1 aliphatic rings. The predicted octanol–water partition coefficient (Wildman–Crippen LogP) is 2.98. The minimum absolute atomic E-state index is 0.125. The van der Waals surface area contributed by atoms with Crippen LogP contribution in [0.25, 0.3) is 0 Å². The first kappa shape index (κ1) is 16.0. The van der Waals surface area contributed by atoms with Gasteiger partial charge in [0.15, 0.2) is 5.82 Å². The van der Waals surface area contributed by atoms with Gasteiger partial charge in [0.25, 0.3) is 0 Å². The van der Waals surface area contributed by atoms with Crippen molar-refractivity contribution < 1.29 is 9.90 Å². The van der Waals surface area contributed by atoms with Crippen LogP contribution in [0.5, 0.6) is 0 Å². The third kappa shape index (κ3) is 4.29. The molecule has 2 rings (SSSR count). The number of carbonyl (C=O) groups is 1. The molecule has 0 bridgehead atoms. The summed E-state index contributed by atoms with van der Waals surface area (Å²) < 4.78 is 1.84. The highest BCUT2D eigenvalue weighted by molar-refractivity contribution is 5.67. The lowest BCUT2D eigenvalue weighted by atomic mass is 9.69. The van der Waals surface area contributed by atoms with Crippen molar-refractivity contribution in [2.45, 2.75) is 65.2 Å². The Hall–Kier alpha value is -1.39. The van der Waals surface area contributed by atoms with Gasteiger partial charge in [0.2, 0.25) is 0 Å². The largest absolute Gasteiger partial charge is 0.481 e. The lowest BCUT2D eigenvalue weighted by Crippen LogP contribution is -2.30. The van der Waals surface area contributed by atoms with Crippen molar-refractivity contribution in [2.75, 3.05) is 0 Å². The molecule has 1 aromatic heterocycles. The van der Waals surface area contributed by atoms with E-state index >= 15 is 0 Å². The number of nitrogens with zero attached hydrogens (tertiary/aromatic N) is 3. The fourth-order valence-corrected chi connectivity index (χ4v) is 3.45. The van der Waals surface area contributed by atoms with Crippen molar-refractivity contribution in [3.05, 3.63) is 11.6 Å². The Morgan fingerprint density at radius 1 is 1.33 bits per heavy atom. The number of hydrogen-bond acceptors (Lipinski definition) is 3. The number of carboxylic acids is 1. The molecule has 5 heteroatoms. The molecule has 0 saturated heterocycles. The van der Waals surface area contributed by atoms with Crippen molar-refractivity contribution in [1.82, 2.24) is 14.8 Å². The Morgan fingerprint density at radius 3 is 2.57 bits per heavy atom. The van der Waals surface area contributed by atoms with E-state index in [4.69, 9.17) is 0 Å². The van der Waals surface area contributed by atoms with Gasteiger partial charge in [-0.15, -0.1) is 0 Å². The number of rotatable bonds is 6. The highest BCUT2D eigenvalue weighted by atomic mass is 16.4. The summed E-state index contributed by atoms with van der Waals surface area (Å²) in [5.74, 6) is 1.65. The lowest BCUT2D eigenvalue weighted by Gasteiger charge is -2.35. The van der Waals surface area contributed by atoms with Crippen LogP contribution in [-0.2, 0) is 24.7 Å². The summed E-state index contributed by atoms with van der Waals surface area (Å²) in [5, 5.41) is 13.7. The van der Waals surface area contributed by atoms with Crippen LogP contribution in [0.1, 0.15) is 64.0 Å². The smallest absolute Gasteiger partial charge is 0.303 e. The Morgan fingerprint density at radius 2 is 2.00 bits per heavy atom. The molecule has 21 heavy (non-hydrogen) atoms. The zero-order valence-electron chi connectivity index (χ0n) is 13.4. The van der Waals surface area contributed by atoms with Gasteiger partial charge in [-0.25, -0.2) is 4.98 Å². The van der Waals surface area contributed by atoms with Gasteiger partial charge in [-0.2, -0.15) is 5.10 Å². The Labute approximate surface area is 126 Å². The van der Waals surface area contributed by atoms with Crippen molar-refractivity contribution >= 4 is 5.97 Å². The average molecular weight is 293 g/mol. The van der Waals surface area contributed by atoms with Crippen LogP contribution in [-0.4, -0.2) is 25.8 Å². The monoisotopic (exact) mass is 293 g/mol. The molecule has 0 radical (unpaired) electrons. The van der Waals surface area contributed by atoms with Gasteiger partial charge in [-0.1, -0.05) is 33.1 Å². The molecule has 0 aromatic carbocycles. The van der Waals surface area contributed by atoms with E-state index in [0.29, 0.717) is 5.92 Å². The van der Waals surface area contributed by atoms with E-state index in [1.807, 2.05) is 11.7 Å². The first-order valence-electron chi connectivity index (χ1n) is 8.01. The second kappa shape index (κ2) is 6.58. The maximum Gasteiger partial charge on any atom is 0.303 e. The quantitative estimate of drug-likeness (QED) is 0.875. The fraction of sp³-hybridized carbons (Fsp3) is 0.812. The third-order valence-electron chi connectivity index (χ3n) is 4.46. The fourth-order valence-electron chi connectivity index (χ4n) is 3.45. The summed E-state index contributed by atoms with van der Waals surface area (Å²) in [4.78, 5) is 15.9. The molecular formula is C16H27N3O2. The molecule has 0 atom stereocenters. The molecule has 1 N–H and O–H groups in total.